The lowest BCUT2D eigenvalue weighted by Crippen LogP contribution is -2.59. The molecule has 0 spiro atoms. The van der Waals surface area contributed by atoms with Gasteiger partial charge in [-0.1, -0.05) is 107 Å². The van der Waals surface area contributed by atoms with E-state index in [9.17, 15) is 32.3 Å². The van der Waals surface area contributed by atoms with Crippen LogP contribution in [0, 0.1) is 5.92 Å². The van der Waals surface area contributed by atoms with E-state index in [0.717, 1.165) is 4.57 Å². The third-order valence-electron chi connectivity index (χ3n) is 9.89. The van der Waals surface area contributed by atoms with Crippen molar-refractivity contribution in [3.63, 3.8) is 0 Å². The molecule has 2 atom stereocenters. The van der Waals surface area contributed by atoms with E-state index in [1.807, 2.05) is 20.8 Å². The topological polar surface area (TPSA) is 137 Å². The maximum absolute atomic E-state index is 14.7. The van der Waals surface area contributed by atoms with Gasteiger partial charge in [0.25, 0.3) is 11.5 Å². The zero-order valence-electron chi connectivity index (χ0n) is 33.5. The molecule has 0 aliphatic heterocycles. The van der Waals surface area contributed by atoms with Crippen LogP contribution in [-0.4, -0.2) is 56.2 Å². The molecule has 0 aliphatic carbocycles. The van der Waals surface area contributed by atoms with Crippen LogP contribution >= 0.6 is 0 Å². The summed E-state index contributed by atoms with van der Waals surface area (Å²) in [4.78, 5) is 55.5. The van der Waals surface area contributed by atoms with Gasteiger partial charge in [-0.05, 0) is 58.9 Å². The van der Waals surface area contributed by atoms with E-state index in [0.29, 0.717) is 22.4 Å². The summed E-state index contributed by atoms with van der Waals surface area (Å²) in [6.45, 7) is 11.1. The van der Waals surface area contributed by atoms with Crippen LogP contribution < -0.4 is 26.2 Å². The Labute approximate surface area is 332 Å². The van der Waals surface area contributed by atoms with Gasteiger partial charge in [0.15, 0.2) is 14.4 Å². The number of nitrogens with one attached hydrogen (secondary N) is 3. The molecule has 0 saturated heterocycles. The van der Waals surface area contributed by atoms with Crippen molar-refractivity contribution in [3.8, 4) is 17.0 Å². The van der Waals surface area contributed by atoms with Crippen LogP contribution in [0.2, 0.25) is 18.1 Å². The summed E-state index contributed by atoms with van der Waals surface area (Å²) in [5.74, 6) is -1.77. The maximum atomic E-state index is 14.7. The summed E-state index contributed by atoms with van der Waals surface area (Å²) in [6.07, 6.45) is -8.22. The molecule has 3 amide bonds. The summed E-state index contributed by atoms with van der Waals surface area (Å²) >= 11 is 0. The van der Waals surface area contributed by atoms with Gasteiger partial charge >= 0.3 is 12.3 Å². The minimum absolute atomic E-state index is 0.0425. The van der Waals surface area contributed by atoms with E-state index >= 15 is 0 Å². The van der Waals surface area contributed by atoms with Crippen molar-refractivity contribution in [2.24, 2.45) is 5.92 Å². The monoisotopic (exact) mass is 808 g/mol. The van der Waals surface area contributed by atoms with Gasteiger partial charge in [0, 0.05) is 6.54 Å². The Kier molecular flexibility index (Phi) is 14.5. The van der Waals surface area contributed by atoms with Gasteiger partial charge in [-0.15, -0.1) is 0 Å². The molecule has 15 heteroatoms. The van der Waals surface area contributed by atoms with Crippen molar-refractivity contribution >= 4 is 31.9 Å². The number of aromatic nitrogens is 1. The van der Waals surface area contributed by atoms with Crippen molar-refractivity contribution in [2.75, 3.05) is 12.4 Å². The summed E-state index contributed by atoms with van der Waals surface area (Å²) in [5.41, 5.74) is 0.183. The fraction of sp³-hybridized carbons (Fsp3) is 0.381. The number of anilines is 1. The Morgan fingerprint density at radius 1 is 0.860 bits per heavy atom. The van der Waals surface area contributed by atoms with E-state index in [4.69, 9.17) is 13.9 Å². The van der Waals surface area contributed by atoms with Crippen molar-refractivity contribution < 1.29 is 41.5 Å². The van der Waals surface area contributed by atoms with Gasteiger partial charge in [0.2, 0.25) is 5.91 Å². The van der Waals surface area contributed by atoms with Gasteiger partial charge in [-0.3, -0.25) is 24.3 Å². The molecule has 1 aromatic heterocycles. The Balaban J connectivity index is 1.77. The van der Waals surface area contributed by atoms with Crippen molar-refractivity contribution in [3.05, 3.63) is 118 Å². The van der Waals surface area contributed by atoms with Crippen molar-refractivity contribution in [2.45, 2.75) is 90.8 Å². The summed E-state index contributed by atoms with van der Waals surface area (Å²) in [7, 11) is -1.47. The zero-order chi connectivity index (χ0) is 42.1. The SMILES string of the molecule is COc1ccc(CNC(=O)c2cc(-c3ccccc3)n(CC(=O)NC(C(C)C)C(O[Si](C)(C)C(C)(C)C)C(F)(F)F)c(=O)c2NC(=O)OCc2ccccc2)cc1. The van der Waals surface area contributed by atoms with E-state index in [1.54, 1.807) is 112 Å². The molecule has 1 heterocycles. The number of carbonyl (C=O) groups is 3. The van der Waals surface area contributed by atoms with E-state index in [1.165, 1.54) is 13.2 Å². The number of alkyl halides is 3. The minimum Gasteiger partial charge on any atom is -0.497 e. The average Bonchev–Trinajstić information content (AvgIpc) is 3.16. The van der Waals surface area contributed by atoms with Crippen LogP contribution in [0.25, 0.3) is 11.3 Å². The maximum Gasteiger partial charge on any atom is 0.415 e. The molecule has 0 fully saturated rings. The fourth-order valence-corrected chi connectivity index (χ4v) is 6.91. The normalized spacial score (nSPS) is 13.1. The van der Waals surface area contributed by atoms with Crippen LogP contribution in [0.4, 0.5) is 23.7 Å². The van der Waals surface area contributed by atoms with Gasteiger partial charge in [-0.25, -0.2) is 4.79 Å². The van der Waals surface area contributed by atoms with Crippen molar-refractivity contribution in [1.82, 2.24) is 15.2 Å². The number of benzene rings is 3. The molecule has 4 rings (SSSR count). The van der Waals surface area contributed by atoms with Gasteiger partial charge in [-0.2, -0.15) is 13.2 Å². The highest BCUT2D eigenvalue weighted by Crippen LogP contribution is 2.41. The molecule has 3 N–H and O–H groups in total. The Hall–Kier alpha value is -5.41. The second-order valence-corrected chi connectivity index (χ2v) is 20.2. The minimum atomic E-state index is -4.83. The zero-order valence-corrected chi connectivity index (χ0v) is 34.5. The molecule has 0 aliphatic rings. The first-order chi connectivity index (χ1) is 26.7. The number of nitrogens with zero attached hydrogens (tertiary/aromatic N) is 1. The first-order valence-electron chi connectivity index (χ1n) is 18.5. The summed E-state index contributed by atoms with van der Waals surface area (Å²) in [5, 5.41) is 7.12. The lowest BCUT2D eigenvalue weighted by atomic mass is 9.98. The molecule has 0 saturated carbocycles. The lowest BCUT2D eigenvalue weighted by molar-refractivity contribution is -0.210. The summed E-state index contributed by atoms with van der Waals surface area (Å²) in [6, 6.07) is 23.9. The predicted molar refractivity (Wildman–Crippen MR) is 215 cm³/mol. The second-order valence-electron chi connectivity index (χ2n) is 15.5. The molecule has 306 valence electrons. The van der Waals surface area contributed by atoms with Gasteiger partial charge in [0.1, 0.15) is 24.6 Å². The number of ether oxygens (including phenoxy) is 2. The first-order valence-corrected chi connectivity index (χ1v) is 21.4. The standard InChI is InChI=1S/C42H51F3N4O7Si/c1-27(2)35(37(42(43,44)45)56-57(7,8)41(3,4)5)47-34(50)25-49-33(30-17-13-10-14-18-30)23-32(38(51)46-24-28-19-21-31(54-6)22-20-28)36(39(49)52)48-40(53)55-26-29-15-11-9-12-16-29/h9-23,27,35,37H,24-26H2,1-8H3,(H,46,51)(H,47,50)(H,48,53). The van der Waals surface area contributed by atoms with Crippen LogP contribution in [0.5, 0.6) is 5.75 Å². The van der Waals surface area contributed by atoms with Crippen LogP contribution in [-0.2, 0) is 33.7 Å². The molecule has 2 unspecified atom stereocenters. The molecular weight excluding hydrogens is 758 g/mol. The quantitative estimate of drug-likeness (QED) is 0.103. The van der Waals surface area contributed by atoms with E-state index in [-0.39, 0.29) is 24.4 Å². The molecular formula is C42H51F3N4O7Si. The van der Waals surface area contributed by atoms with Gasteiger partial charge < -0.3 is 24.5 Å². The average molecular weight is 809 g/mol. The Morgan fingerprint density at radius 2 is 1.46 bits per heavy atom. The number of amides is 3. The third-order valence-corrected chi connectivity index (χ3v) is 14.3. The number of methoxy groups -OCH3 is 1. The van der Waals surface area contributed by atoms with Crippen LogP contribution in [0.15, 0.2) is 95.8 Å². The number of hydrogen-bond acceptors (Lipinski definition) is 7. The molecule has 3 aromatic carbocycles. The largest absolute Gasteiger partial charge is 0.497 e. The smallest absolute Gasteiger partial charge is 0.415 e. The highest BCUT2D eigenvalue weighted by atomic mass is 28.4. The first kappa shape index (κ1) is 44.3. The van der Waals surface area contributed by atoms with Gasteiger partial charge in [0.05, 0.1) is 24.4 Å². The Bertz CT molecular complexity index is 2050. The molecule has 11 nitrogen and oxygen atoms in total. The molecule has 0 radical (unpaired) electrons. The molecule has 57 heavy (non-hydrogen) atoms. The number of rotatable bonds is 15. The number of carbonyl (C=O) groups excluding carboxylic acids is 3. The van der Waals surface area contributed by atoms with Crippen molar-refractivity contribution in [1.29, 1.82) is 0 Å². The van der Waals surface area contributed by atoms with E-state index in [2.05, 4.69) is 16.0 Å². The predicted octanol–water partition coefficient (Wildman–Crippen LogP) is 8.30. The van der Waals surface area contributed by atoms with Crippen LogP contribution in [0.1, 0.15) is 56.1 Å². The van der Waals surface area contributed by atoms with Crippen LogP contribution in [0.3, 0.4) is 0 Å². The summed E-state index contributed by atoms with van der Waals surface area (Å²) < 4.78 is 61.7. The third kappa shape index (κ3) is 11.8. The number of pyridine rings is 1. The fourth-order valence-electron chi connectivity index (χ4n) is 5.64. The molecule has 4 aromatic rings. The lowest BCUT2D eigenvalue weighted by Gasteiger charge is -2.42. The highest BCUT2D eigenvalue weighted by Gasteiger charge is 2.52. The number of hydrogen-bond donors (Lipinski definition) is 3. The second kappa shape index (κ2) is 18.7. The number of halogens is 3. The molecule has 0 bridgehead atoms. The van der Waals surface area contributed by atoms with E-state index < -0.39 is 73.3 Å². The Morgan fingerprint density at radius 3 is 2.00 bits per heavy atom. The highest BCUT2D eigenvalue weighted by molar-refractivity contribution is 6.74.